The van der Waals surface area contributed by atoms with Crippen LogP contribution in [0.1, 0.15) is 6.92 Å². The first kappa shape index (κ1) is 15.5. The van der Waals surface area contributed by atoms with E-state index in [2.05, 4.69) is 5.32 Å². The minimum Gasteiger partial charge on any atom is -0.378 e. The molecule has 1 aromatic carbocycles. The minimum atomic E-state index is -0.516. The summed E-state index contributed by atoms with van der Waals surface area (Å²) in [6, 6.07) is 3.64. The van der Waals surface area contributed by atoms with Gasteiger partial charge in [0.25, 0.3) is 5.69 Å². The van der Waals surface area contributed by atoms with Crippen LogP contribution in [0.5, 0.6) is 0 Å². The van der Waals surface area contributed by atoms with Crippen molar-refractivity contribution in [2.45, 2.75) is 13.0 Å². The zero-order chi connectivity index (χ0) is 15.4. The molecule has 1 atom stereocenters. The smallest absolute Gasteiger partial charge is 0.271 e. The summed E-state index contributed by atoms with van der Waals surface area (Å²) < 4.78 is 5.20. The Labute approximate surface area is 127 Å². The van der Waals surface area contributed by atoms with Crippen molar-refractivity contribution in [2.24, 2.45) is 0 Å². The Bertz CT molecular complexity index is 546. The lowest BCUT2D eigenvalue weighted by atomic mass is 10.2. The predicted octanol–water partition coefficient (Wildman–Crippen LogP) is 1.91. The first-order chi connectivity index (χ1) is 9.99. The highest BCUT2D eigenvalue weighted by atomic mass is 35.5. The van der Waals surface area contributed by atoms with Crippen molar-refractivity contribution >= 4 is 28.9 Å². The first-order valence-corrected chi connectivity index (χ1v) is 6.94. The topological polar surface area (TPSA) is 84.7 Å². The van der Waals surface area contributed by atoms with Crippen molar-refractivity contribution in [3.63, 3.8) is 0 Å². The summed E-state index contributed by atoms with van der Waals surface area (Å²) in [6.07, 6.45) is 0. The molecular weight excluding hydrogens is 298 g/mol. The van der Waals surface area contributed by atoms with Crippen molar-refractivity contribution in [1.82, 2.24) is 4.90 Å². The number of nitrogens with one attached hydrogen (secondary N) is 1. The van der Waals surface area contributed by atoms with E-state index < -0.39 is 11.0 Å². The third-order valence-electron chi connectivity index (χ3n) is 3.23. The van der Waals surface area contributed by atoms with Gasteiger partial charge in [-0.25, -0.2) is 0 Å². The number of carbonyl (C=O) groups excluding carboxylic acids is 1. The van der Waals surface area contributed by atoms with Gasteiger partial charge in [-0.1, -0.05) is 11.6 Å². The lowest BCUT2D eigenvalue weighted by Crippen LogP contribution is -2.47. The van der Waals surface area contributed by atoms with Crippen LogP contribution in [0.3, 0.4) is 0 Å². The molecule has 1 heterocycles. The largest absolute Gasteiger partial charge is 0.378 e. The number of hydrogen-bond donors (Lipinski definition) is 1. The molecule has 1 unspecified atom stereocenters. The van der Waals surface area contributed by atoms with Crippen LogP contribution >= 0.6 is 11.6 Å². The molecule has 1 saturated heterocycles. The van der Waals surface area contributed by atoms with Gasteiger partial charge in [0.2, 0.25) is 5.91 Å². The van der Waals surface area contributed by atoms with Gasteiger partial charge in [-0.05, 0) is 13.0 Å². The van der Waals surface area contributed by atoms with Crippen LogP contribution in [-0.2, 0) is 9.53 Å². The van der Waals surface area contributed by atoms with Crippen LogP contribution in [0.15, 0.2) is 18.2 Å². The molecule has 114 valence electrons. The number of hydrogen-bond acceptors (Lipinski definition) is 5. The summed E-state index contributed by atoms with van der Waals surface area (Å²) in [6.45, 7) is 3.95. The van der Waals surface area contributed by atoms with Crippen LogP contribution in [0, 0.1) is 10.1 Å². The molecule has 0 bridgehead atoms. The van der Waals surface area contributed by atoms with Gasteiger partial charge < -0.3 is 15.0 Å². The van der Waals surface area contributed by atoms with E-state index in [0.717, 1.165) is 0 Å². The zero-order valence-electron chi connectivity index (χ0n) is 11.5. The number of nitro benzene ring substituents is 1. The number of carbonyl (C=O) groups is 1. The monoisotopic (exact) mass is 313 g/mol. The number of anilines is 1. The van der Waals surface area contributed by atoms with E-state index >= 15 is 0 Å². The maximum atomic E-state index is 12.2. The minimum absolute atomic E-state index is 0.0484. The molecule has 8 heteroatoms. The highest BCUT2D eigenvalue weighted by Crippen LogP contribution is 2.27. The van der Waals surface area contributed by atoms with E-state index in [1.165, 1.54) is 18.2 Å². The standard InChI is InChI=1S/C13H16ClN3O4/c1-9(13(18)16-4-6-21-7-5-16)15-12-3-2-10(17(19)20)8-11(12)14/h2-3,8-9,15H,4-7H2,1H3. The summed E-state index contributed by atoms with van der Waals surface area (Å²) in [4.78, 5) is 24.1. The predicted molar refractivity (Wildman–Crippen MR) is 78.6 cm³/mol. The lowest BCUT2D eigenvalue weighted by Gasteiger charge is -2.29. The fraction of sp³-hybridized carbons (Fsp3) is 0.462. The van der Waals surface area contributed by atoms with E-state index in [1.807, 2.05) is 0 Å². The van der Waals surface area contributed by atoms with Gasteiger partial charge in [0.15, 0.2) is 0 Å². The van der Waals surface area contributed by atoms with Gasteiger partial charge in [0.05, 0.1) is 28.8 Å². The Hall–Kier alpha value is -1.86. The van der Waals surface area contributed by atoms with Gasteiger partial charge >= 0.3 is 0 Å². The average Bonchev–Trinajstić information content (AvgIpc) is 2.49. The SMILES string of the molecule is CC(Nc1ccc([N+](=O)[O-])cc1Cl)C(=O)N1CCOCC1. The Balaban J connectivity index is 2.03. The lowest BCUT2D eigenvalue weighted by molar-refractivity contribution is -0.384. The van der Waals surface area contributed by atoms with Crippen molar-refractivity contribution in [3.05, 3.63) is 33.3 Å². The molecule has 0 radical (unpaired) electrons. The van der Waals surface area contributed by atoms with Crippen LogP contribution < -0.4 is 5.32 Å². The van der Waals surface area contributed by atoms with Crippen molar-refractivity contribution < 1.29 is 14.5 Å². The number of morpholine rings is 1. The molecule has 21 heavy (non-hydrogen) atoms. The van der Waals surface area contributed by atoms with Gasteiger partial charge in [0, 0.05) is 25.2 Å². The number of benzene rings is 1. The van der Waals surface area contributed by atoms with E-state index in [9.17, 15) is 14.9 Å². The van der Waals surface area contributed by atoms with E-state index in [0.29, 0.717) is 32.0 Å². The Kier molecular flexibility index (Phi) is 4.98. The maximum Gasteiger partial charge on any atom is 0.271 e. The number of halogens is 1. The average molecular weight is 314 g/mol. The summed E-state index contributed by atoms with van der Waals surface area (Å²) in [7, 11) is 0. The summed E-state index contributed by atoms with van der Waals surface area (Å²) in [5, 5.41) is 13.9. The van der Waals surface area contributed by atoms with Crippen LogP contribution in [-0.4, -0.2) is 48.1 Å². The van der Waals surface area contributed by atoms with Crippen LogP contribution in [0.2, 0.25) is 5.02 Å². The molecule has 0 spiro atoms. The van der Waals surface area contributed by atoms with Gasteiger partial charge in [0.1, 0.15) is 6.04 Å². The molecule has 1 N–H and O–H groups in total. The molecule has 1 amide bonds. The summed E-state index contributed by atoms with van der Waals surface area (Å²) in [5.74, 6) is -0.0484. The molecule has 0 aromatic heterocycles. The molecule has 1 fully saturated rings. The van der Waals surface area contributed by atoms with E-state index in [4.69, 9.17) is 16.3 Å². The molecular formula is C13H16ClN3O4. The number of amides is 1. The van der Waals surface area contributed by atoms with Crippen LogP contribution in [0.25, 0.3) is 0 Å². The number of ether oxygens (including phenoxy) is 1. The molecule has 1 aliphatic heterocycles. The first-order valence-electron chi connectivity index (χ1n) is 6.56. The van der Waals surface area contributed by atoms with Crippen LogP contribution in [0.4, 0.5) is 11.4 Å². The third-order valence-corrected chi connectivity index (χ3v) is 3.54. The van der Waals surface area contributed by atoms with E-state index in [1.54, 1.807) is 11.8 Å². The second-order valence-corrected chi connectivity index (χ2v) is 5.13. The zero-order valence-corrected chi connectivity index (χ0v) is 12.3. The fourth-order valence-electron chi connectivity index (χ4n) is 2.09. The normalized spacial score (nSPS) is 16.4. The maximum absolute atomic E-state index is 12.2. The highest BCUT2D eigenvalue weighted by Gasteiger charge is 2.23. The highest BCUT2D eigenvalue weighted by molar-refractivity contribution is 6.33. The van der Waals surface area contributed by atoms with Crippen molar-refractivity contribution in [1.29, 1.82) is 0 Å². The van der Waals surface area contributed by atoms with E-state index in [-0.39, 0.29) is 16.6 Å². The number of non-ortho nitro benzene ring substituents is 1. The molecule has 1 aliphatic rings. The van der Waals surface area contributed by atoms with Gasteiger partial charge in [-0.2, -0.15) is 0 Å². The Morgan fingerprint density at radius 3 is 2.71 bits per heavy atom. The Morgan fingerprint density at radius 2 is 2.14 bits per heavy atom. The molecule has 0 aliphatic carbocycles. The molecule has 7 nitrogen and oxygen atoms in total. The quantitative estimate of drug-likeness (QED) is 0.678. The summed E-state index contributed by atoms with van der Waals surface area (Å²) >= 11 is 6.00. The number of nitrogens with zero attached hydrogens (tertiary/aromatic N) is 2. The molecule has 2 rings (SSSR count). The summed E-state index contributed by atoms with van der Waals surface area (Å²) in [5.41, 5.74) is 0.411. The van der Waals surface area contributed by atoms with Gasteiger partial charge in [-0.15, -0.1) is 0 Å². The Morgan fingerprint density at radius 1 is 1.48 bits per heavy atom. The second kappa shape index (κ2) is 6.73. The molecule has 0 saturated carbocycles. The third kappa shape index (κ3) is 3.83. The van der Waals surface area contributed by atoms with Gasteiger partial charge in [-0.3, -0.25) is 14.9 Å². The fourth-order valence-corrected chi connectivity index (χ4v) is 2.32. The number of nitro groups is 1. The van der Waals surface area contributed by atoms with Crippen molar-refractivity contribution in [3.8, 4) is 0 Å². The van der Waals surface area contributed by atoms with Crippen molar-refractivity contribution in [2.75, 3.05) is 31.6 Å². The number of rotatable bonds is 4. The molecule has 1 aromatic rings. The second-order valence-electron chi connectivity index (χ2n) is 4.72.